The van der Waals surface area contributed by atoms with Crippen LogP contribution in [0.3, 0.4) is 0 Å². The molecule has 0 saturated carbocycles. The van der Waals surface area contributed by atoms with Crippen LogP contribution >= 0.6 is 22.6 Å². The van der Waals surface area contributed by atoms with E-state index in [0.29, 0.717) is 24.8 Å². The standard InChI is InChI=1S/C22H24INO4/c1-22(2,21(26)27)28-19-5-3-4-17(14-19)15-10-12-24(13-11-15)20(25)16-6-8-18(23)9-7-16/h3-9,14-15H,10-13H2,1-2H3,(H,26,27). The number of halogens is 1. The predicted molar refractivity (Wildman–Crippen MR) is 116 cm³/mol. The molecular formula is C22H24INO4. The maximum atomic E-state index is 12.7. The molecule has 0 aromatic heterocycles. The number of carbonyl (C=O) groups is 2. The molecule has 5 nitrogen and oxygen atoms in total. The van der Waals surface area contributed by atoms with Crippen LogP contribution in [-0.4, -0.2) is 40.6 Å². The lowest BCUT2D eigenvalue weighted by Crippen LogP contribution is -2.38. The maximum Gasteiger partial charge on any atom is 0.347 e. The monoisotopic (exact) mass is 493 g/mol. The fourth-order valence-corrected chi connectivity index (χ4v) is 3.72. The van der Waals surface area contributed by atoms with Crippen LogP contribution in [0.5, 0.6) is 5.75 Å². The highest BCUT2D eigenvalue weighted by Gasteiger charge is 2.30. The van der Waals surface area contributed by atoms with Gasteiger partial charge in [-0.3, -0.25) is 4.79 Å². The fourth-order valence-electron chi connectivity index (χ4n) is 3.36. The van der Waals surface area contributed by atoms with Gasteiger partial charge in [0.05, 0.1) is 0 Å². The van der Waals surface area contributed by atoms with Gasteiger partial charge >= 0.3 is 5.97 Å². The molecule has 0 atom stereocenters. The molecule has 0 bridgehead atoms. The quantitative estimate of drug-likeness (QED) is 0.621. The summed E-state index contributed by atoms with van der Waals surface area (Å²) in [5.74, 6) is -0.0324. The molecule has 1 heterocycles. The Morgan fingerprint density at radius 1 is 1.11 bits per heavy atom. The van der Waals surface area contributed by atoms with E-state index in [1.165, 1.54) is 13.8 Å². The van der Waals surface area contributed by atoms with Gasteiger partial charge in [0, 0.05) is 22.2 Å². The number of aliphatic carboxylic acids is 1. The van der Waals surface area contributed by atoms with Crippen LogP contribution in [0.2, 0.25) is 0 Å². The first-order valence-corrected chi connectivity index (χ1v) is 10.4. The second kappa shape index (κ2) is 8.51. The Morgan fingerprint density at radius 3 is 2.36 bits per heavy atom. The summed E-state index contributed by atoms with van der Waals surface area (Å²) in [6, 6.07) is 15.3. The average molecular weight is 493 g/mol. The molecule has 3 rings (SSSR count). The summed E-state index contributed by atoms with van der Waals surface area (Å²) in [6.45, 7) is 4.50. The number of carboxylic acids is 1. The van der Waals surface area contributed by atoms with Gasteiger partial charge in [-0.1, -0.05) is 12.1 Å². The summed E-state index contributed by atoms with van der Waals surface area (Å²) < 4.78 is 6.77. The van der Waals surface area contributed by atoms with E-state index in [2.05, 4.69) is 22.6 Å². The number of rotatable bonds is 5. The van der Waals surface area contributed by atoms with Crippen molar-refractivity contribution in [1.29, 1.82) is 0 Å². The van der Waals surface area contributed by atoms with Gasteiger partial charge in [-0.15, -0.1) is 0 Å². The number of benzene rings is 2. The Morgan fingerprint density at radius 2 is 1.75 bits per heavy atom. The number of hydrogen-bond acceptors (Lipinski definition) is 3. The molecule has 2 aromatic rings. The van der Waals surface area contributed by atoms with Gasteiger partial charge in [-0.25, -0.2) is 4.79 Å². The Hall–Kier alpha value is -2.09. The van der Waals surface area contributed by atoms with E-state index in [4.69, 9.17) is 4.74 Å². The Labute approximate surface area is 178 Å². The third-order valence-corrected chi connectivity index (χ3v) is 5.81. The minimum atomic E-state index is -1.28. The Balaban J connectivity index is 1.63. The summed E-state index contributed by atoms with van der Waals surface area (Å²) in [4.78, 5) is 25.9. The Bertz CT molecular complexity index is 855. The zero-order chi connectivity index (χ0) is 20.3. The number of amides is 1. The van der Waals surface area contributed by atoms with Crippen LogP contribution in [0, 0.1) is 3.57 Å². The minimum absolute atomic E-state index is 0.0788. The molecule has 1 saturated heterocycles. The van der Waals surface area contributed by atoms with Crippen molar-refractivity contribution in [3.8, 4) is 5.75 Å². The summed E-state index contributed by atoms with van der Waals surface area (Å²) in [7, 11) is 0. The number of carbonyl (C=O) groups excluding carboxylic acids is 1. The minimum Gasteiger partial charge on any atom is -0.478 e. The molecule has 0 spiro atoms. The number of nitrogens with zero attached hydrogens (tertiary/aromatic N) is 1. The lowest BCUT2D eigenvalue weighted by atomic mass is 9.89. The van der Waals surface area contributed by atoms with Crippen molar-refractivity contribution in [2.24, 2.45) is 0 Å². The van der Waals surface area contributed by atoms with Crippen molar-refractivity contribution >= 4 is 34.5 Å². The molecule has 1 fully saturated rings. The second-order valence-corrected chi connectivity index (χ2v) is 8.81. The molecule has 1 aliphatic heterocycles. The molecule has 1 N–H and O–H groups in total. The van der Waals surface area contributed by atoms with Crippen molar-refractivity contribution in [3.63, 3.8) is 0 Å². The molecule has 6 heteroatoms. The topological polar surface area (TPSA) is 66.8 Å². The number of piperidine rings is 1. The van der Waals surface area contributed by atoms with Crippen LogP contribution in [0.15, 0.2) is 48.5 Å². The normalized spacial score (nSPS) is 15.3. The van der Waals surface area contributed by atoms with Gasteiger partial charge in [0.2, 0.25) is 0 Å². The van der Waals surface area contributed by atoms with Crippen LogP contribution in [0.25, 0.3) is 0 Å². The van der Waals surface area contributed by atoms with Crippen LogP contribution in [0.4, 0.5) is 0 Å². The van der Waals surface area contributed by atoms with E-state index in [1.54, 1.807) is 6.07 Å². The van der Waals surface area contributed by atoms with Crippen molar-refractivity contribution in [2.45, 2.75) is 38.2 Å². The molecule has 0 aliphatic carbocycles. The zero-order valence-corrected chi connectivity index (χ0v) is 18.2. The zero-order valence-electron chi connectivity index (χ0n) is 16.0. The molecule has 0 radical (unpaired) electrons. The van der Waals surface area contributed by atoms with Crippen molar-refractivity contribution < 1.29 is 19.4 Å². The fraction of sp³-hybridized carbons (Fsp3) is 0.364. The van der Waals surface area contributed by atoms with Crippen molar-refractivity contribution in [1.82, 2.24) is 4.90 Å². The number of carboxylic acid groups (broad SMARTS) is 1. The number of hydrogen-bond donors (Lipinski definition) is 1. The van der Waals surface area contributed by atoms with Crippen LogP contribution < -0.4 is 4.74 Å². The van der Waals surface area contributed by atoms with E-state index in [-0.39, 0.29) is 5.91 Å². The molecule has 1 aliphatic rings. The van der Waals surface area contributed by atoms with E-state index in [0.717, 1.165) is 27.5 Å². The second-order valence-electron chi connectivity index (χ2n) is 7.56. The van der Waals surface area contributed by atoms with E-state index < -0.39 is 11.6 Å². The van der Waals surface area contributed by atoms with E-state index in [1.807, 2.05) is 47.4 Å². The van der Waals surface area contributed by atoms with Crippen molar-refractivity contribution in [3.05, 3.63) is 63.2 Å². The maximum absolute atomic E-state index is 12.7. The summed E-state index contributed by atoms with van der Waals surface area (Å²) >= 11 is 2.23. The smallest absolute Gasteiger partial charge is 0.347 e. The lowest BCUT2D eigenvalue weighted by molar-refractivity contribution is -0.152. The van der Waals surface area contributed by atoms with Gasteiger partial charge in [-0.2, -0.15) is 0 Å². The van der Waals surface area contributed by atoms with Gasteiger partial charge in [0.15, 0.2) is 5.60 Å². The number of likely N-dealkylation sites (tertiary alicyclic amines) is 1. The summed E-state index contributed by atoms with van der Waals surface area (Å²) in [6.07, 6.45) is 1.75. The first kappa shape index (κ1) is 20.6. The van der Waals surface area contributed by atoms with Crippen molar-refractivity contribution in [2.75, 3.05) is 13.1 Å². The Kier molecular flexibility index (Phi) is 6.27. The van der Waals surface area contributed by atoms with E-state index >= 15 is 0 Å². The van der Waals surface area contributed by atoms with Crippen LogP contribution in [-0.2, 0) is 4.79 Å². The molecule has 148 valence electrons. The van der Waals surface area contributed by atoms with Gasteiger partial charge < -0.3 is 14.7 Å². The lowest BCUT2D eigenvalue weighted by Gasteiger charge is -2.32. The highest BCUT2D eigenvalue weighted by molar-refractivity contribution is 14.1. The van der Waals surface area contributed by atoms with E-state index in [9.17, 15) is 14.7 Å². The molecule has 1 amide bonds. The van der Waals surface area contributed by atoms with Gasteiger partial charge in [0.25, 0.3) is 5.91 Å². The molecule has 0 unspecified atom stereocenters. The van der Waals surface area contributed by atoms with Gasteiger partial charge in [0.1, 0.15) is 5.75 Å². The predicted octanol–water partition coefficient (Wildman–Crippen LogP) is 4.55. The summed E-state index contributed by atoms with van der Waals surface area (Å²) in [5.41, 5.74) is 0.576. The first-order chi connectivity index (χ1) is 13.3. The highest BCUT2D eigenvalue weighted by Crippen LogP contribution is 2.31. The SMILES string of the molecule is CC(C)(Oc1cccc(C2CCN(C(=O)c3ccc(I)cc3)CC2)c1)C(=O)O. The van der Waals surface area contributed by atoms with Gasteiger partial charge in [-0.05, 0) is 97.2 Å². The average Bonchev–Trinajstić information content (AvgIpc) is 2.68. The molecule has 2 aromatic carbocycles. The molecule has 28 heavy (non-hydrogen) atoms. The first-order valence-electron chi connectivity index (χ1n) is 9.33. The third-order valence-electron chi connectivity index (χ3n) is 5.09. The molecular weight excluding hydrogens is 469 g/mol. The summed E-state index contributed by atoms with van der Waals surface area (Å²) in [5, 5.41) is 9.25. The third kappa shape index (κ3) is 4.84. The largest absolute Gasteiger partial charge is 0.478 e. The highest BCUT2D eigenvalue weighted by atomic mass is 127. The number of ether oxygens (including phenoxy) is 1. The van der Waals surface area contributed by atoms with Crippen LogP contribution in [0.1, 0.15) is 48.5 Å².